The Morgan fingerprint density at radius 3 is 2.84 bits per heavy atom. The molecule has 4 rings (SSSR count). The first-order valence-corrected chi connectivity index (χ1v) is 8.54. The molecule has 25 heavy (non-hydrogen) atoms. The van der Waals surface area contributed by atoms with E-state index in [1.54, 1.807) is 29.4 Å². The number of aliphatic hydroxyl groups is 1. The molecule has 3 heterocycles. The SMILES string of the molecule is O=C(C=Cc1ccco1)N1C[C@@H](O)[C@@]2(C[C@@H](c3ccccc3)CO2)C1. The predicted octanol–water partition coefficient (Wildman–Crippen LogP) is 2.44. The van der Waals surface area contributed by atoms with Crippen LogP contribution in [0.25, 0.3) is 6.08 Å². The van der Waals surface area contributed by atoms with Gasteiger partial charge in [-0.05, 0) is 30.2 Å². The van der Waals surface area contributed by atoms with Crippen molar-refractivity contribution in [1.29, 1.82) is 0 Å². The number of nitrogens with zero attached hydrogens (tertiary/aromatic N) is 1. The molecule has 130 valence electrons. The van der Waals surface area contributed by atoms with Crippen molar-refractivity contribution >= 4 is 12.0 Å². The molecular weight excluding hydrogens is 318 g/mol. The van der Waals surface area contributed by atoms with Crippen molar-refractivity contribution in [2.24, 2.45) is 0 Å². The number of furan rings is 1. The van der Waals surface area contributed by atoms with Crippen LogP contribution in [0.1, 0.15) is 23.7 Å². The van der Waals surface area contributed by atoms with Gasteiger partial charge in [0.1, 0.15) is 17.5 Å². The quantitative estimate of drug-likeness (QED) is 0.873. The standard InChI is InChI=1S/C20H21NO4/c22-18-12-21(19(23)9-8-17-7-4-10-24-17)14-20(18)11-16(13-25-20)15-5-2-1-3-6-15/h1-10,16,18,22H,11-14H2/t16-,18-,20-/m1/s1. The van der Waals surface area contributed by atoms with Gasteiger partial charge < -0.3 is 19.2 Å². The van der Waals surface area contributed by atoms with E-state index in [-0.39, 0.29) is 11.8 Å². The highest BCUT2D eigenvalue weighted by molar-refractivity contribution is 5.91. The normalized spacial score (nSPS) is 29.1. The molecule has 0 aliphatic carbocycles. The van der Waals surface area contributed by atoms with Crippen LogP contribution in [0.4, 0.5) is 0 Å². The number of aliphatic hydroxyl groups excluding tert-OH is 1. The van der Waals surface area contributed by atoms with E-state index >= 15 is 0 Å². The van der Waals surface area contributed by atoms with Crippen LogP contribution >= 0.6 is 0 Å². The van der Waals surface area contributed by atoms with Crippen molar-refractivity contribution in [3.63, 3.8) is 0 Å². The minimum atomic E-state index is -0.665. The van der Waals surface area contributed by atoms with E-state index in [0.29, 0.717) is 25.5 Å². The van der Waals surface area contributed by atoms with Crippen molar-refractivity contribution in [2.45, 2.75) is 24.0 Å². The first-order valence-electron chi connectivity index (χ1n) is 8.54. The lowest BCUT2D eigenvalue weighted by Crippen LogP contribution is -2.41. The van der Waals surface area contributed by atoms with Gasteiger partial charge in [-0.2, -0.15) is 0 Å². The lowest BCUT2D eigenvalue weighted by molar-refractivity contribution is -0.126. The average Bonchev–Trinajstić information content (AvgIpc) is 3.36. The maximum Gasteiger partial charge on any atom is 0.246 e. The van der Waals surface area contributed by atoms with Gasteiger partial charge in [-0.25, -0.2) is 0 Å². The largest absolute Gasteiger partial charge is 0.465 e. The monoisotopic (exact) mass is 339 g/mol. The molecule has 1 aromatic carbocycles. The van der Waals surface area contributed by atoms with Gasteiger partial charge in [0.15, 0.2) is 0 Å². The fourth-order valence-corrected chi connectivity index (χ4v) is 3.76. The van der Waals surface area contributed by atoms with Gasteiger partial charge >= 0.3 is 0 Å². The summed E-state index contributed by atoms with van der Waals surface area (Å²) >= 11 is 0. The van der Waals surface area contributed by atoms with Gasteiger partial charge in [-0.15, -0.1) is 0 Å². The molecule has 5 heteroatoms. The van der Waals surface area contributed by atoms with Crippen molar-refractivity contribution < 1.29 is 19.1 Å². The van der Waals surface area contributed by atoms with E-state index in [0.717, 1.165) is 6.42 Å². The summed E-state index contributed by atoms with van der Waals surface area (Å²) in [5, 5.41) is 10.6. The Hall–Kier alpha value is -2.37. The second-order valence-corrected chi connectivity index (χ2v) is 6.77. The highest BCUT2D eigenvalue weighted by Gasteiger charge is 2.52. The molecule has 1 spiro atoms. The zero-order valence-electron chi connectivity index (χ0n) is 13.9. The van der Waals surface area contributed by atoms with Crippen LogP contribution in [0.3, 0.4) is 0 Å². The van der Waals surface area contributed by atoms with Gasteiger partial charge in [0.05, 0.1) is 19.4 Å². The molecule has 2 saturated heterocycles. The molecular formula is C20H21NO4. The summed E-state index contributed by atoms with van der Waals surface area (Å²) in [6.45, 7) is 1.28. The van der Waals surface area contributed by atoms with Crippen LogP contribution in [-0.4, -0.2) is 47.3 Å². The molecule has 1 aromatic heterocycles. The Bertz CT molecular complexity index is 755. The summed E-state index contributed by atoms with van der Waals surface area (Å²) in [5.41, 5.74) is 0.559. The molecule has 2 fully saturated rings. The number of ether oxygens (including phenoxy) is 1. The zero-order chi connectivity index (χ0) is 17.3. The lowest BCUT2D eigenvalue weighted by atomic mass is 9.87. The van der Waals surface area contributed by atoms with Gasteiger partial charge in [0, 0.05) is 18.5 Å². The number of carbonyl (C=O) groups excluding carboxylic acids is 1. The van der Waals surface area contributed by atoms with Crippen LogP contribution in [0.15, 0.2) is 59.2 Å². The Labute approximate surface area is 146 Å². The summed E-state index contributed by atoms with van der Waals surface area (Å²) in [6, 6.07) is 13.8. The molecule has 1 amide bonds. The molecule has 0 saturated carbocycles. The molecule has 2 aliphatic rings. The molecule has 0 radical (unpaired) electrons. The number of hydrogen-bond acceptors (Lipinski definition) is 4. The maximum absolute atomic E-state index is 12.4. The molecule has 0 bridgehead atoms. The molecule has 1 N–H and O–H groups in total. The second-order valence-electron chi connectivity index (χ2n) is 6.77. The summed E-state index contributed by atoms with van der Waals surface area (Å²) < 4.78 is 11.2. The van der Waals surface area contributed by atoms with E-state index in [4.69, 9.17) is 9.15 Å². The highest BCUT2D eigenvalue weighted by atomic mass is 16.5. The smallest absolute Gasteiger partial charge is 0.246 e. The van der Waals surface area contributed by atoms with E-state index in [1.165, 1.54) is 11.6 Å². The second kappa shape index (κ2) is 6.50. The Morgan fingerprint density at radius 2 is 2.08 bits per heavy atom. The molecule has 2 aromatic rings. The third-order valence-corrected chi connectivity index (χ3v) is 5.14. The Morgan fingerprint density at radius 1 is 1.24 bits per heavy atom. The number of β-amino-alcohol motifs (C(OH)–C–C–N with tert-alkyl or cyclic N) is 1. The van der Waals surface area contributed by atoms with Crippen molar-refractivity contribution in [1.82, 2.24) is 4.90 Å². The number of hydrogen-bond donors (Lipinski definition) is 1. The van der Waals surface area contributed by atoms with Gasteiger partial charge in [0.25, 0.3) is 0 Å². The summed E-state index contributed by atoms with van der Waals surface area (Å²) in [7, 11) is 0. The molecule has 2 aliphatic heterocycles. The van der Waals surface area contributed by atoms with E-state index in [9.17, 15) is 9.90 Å². The van der Waals surface area contributed by atoms with Crippen LogP contribution in [-0.2, 0) is 9.53 Å². The van der Waals surface area contributed by atoms with Crippen molar-refractivity contribution in [3.8, 4) is 0 Å². The Balaban J connectivity index is 1.44. The number of rotatable bonds is 3. The van der Waals surface area contributed by atoms with E-state index in [1.807, 2.05) is 18.2 Å². The lowest BCUT2D eigenvalue weighted by Gasteiger charge is -2.25. The fourth-order valence-electron chi connectivity index (χ4n) is 3.76. The number of benzene rings is 1. The first kappa shape index (κ1) is 16.1. The van der Waals surface area contributed by atoms with Crippen LogP contribution < -0.4 is 0 Å². The summed E-state index contributed by atoms with van der Waals surface area (Å²) in [5.74, 6) is 0.743. The zero-order valence-corrected chi connectivity index (χ0v) is 13.9. The number of likely N-dealkylation sites (tertiary alicyclic amines) is 1. The van der Waals surface area contributed by atoms with Crippen molar-refractivity contribution in [3.05, 3.63) is 66.1 Å². The van der Waals surface area contributed by atoms with E-state index in [2.05, 4.69) is 12.1 Å². The first-order chi connectivity index (χ1) is 12.2. The predicted molar refractivity (Wildman–Crippen MR) is 92.8 cm³/mol. The third-order valence-electron chi connectivity index (χ3n) is 5.14. The Kier molecular flexibility index (Phi) is 4.19. The highest BCUT2D eigenvalue weighted by Crippen LogP contribution is 2.42. The number of carbonyl (C=O) groups is 1. The third kappa shape index (κ3) is 3.13. The van der Waals surface area contributed by atoms with Crippen LogP contribution in [0.5, 0.6) is 0 Å². The van der Waals surface area contributed by atoms with E-state index < -0.39 is 11.7 Å². The topological polar surface area (TPSA) is 62.9 Å². The van der Waals surface area contributed by atoms with Crippen molar-refractivity contribution in [2.75, 3.05) is 19.7 Å². The van der Waals surface area contributed by atoms with Crippen LogP contribution in [0.2, 0.25) is 0 Å². The van der Waals surface area contributed by atoms with Gasteiger partial charge in [-0.1, -0.05) is 30.3 Å². The van der Waals surface area contributed by atoms with Gasteiger partial charge in [-0.3, -0.25) is 4.79 Å². The van der Waals surface area contributed by atoms with Crippen LogP contribution in [0, 0.1) is 0 Å². The average molecular weight is 339 g/mol. The summed E-state index contributed by atoms with van der Waals surface area (Å²) in [4.78, 5) is 14.1. The molecule has 5 nitrogen and oxygen atoms in total. The number of amides is 1. The molecule has 0 unspecified atom stereocenters. The summed E-state index contributed by atoms with van der Waals surface area (Å²) in [6.07, 6.45) is 4.75. The minimum absolute atomic E-state index is 0.140. The maximum atomic E-state index is 12.4. The minimum Gasteiger partial charge on any atom is -0.465 e. The molecule has 3 atom stereocenters. The fraction of sp³-hybridized carbons (Fsp3) is 0.350. The van der Waals surface area contributed by atoms with Gasteiger partial charge in [0.2, 0.25) is 5.91 Å².